The third-order valence-corrected chi connectivity index (χ3v) is 2.76. The van der Waals surface area contributed by atoms with E-state index in [1.807, 2.05) is 6.08 Å². The van der Waals surface area contributed by atoms with E-state index in [9.17, 15) is 4.79 Å². The van der Waals surface area contributed by atoms with Crippen LogP contribution in [0.2, 0.25) is 0 Å². The maximum atomic E-state index is 10.6. The van der Waals surface area contributed by atoms with Crippen LogP contribution in [-0.4, -0.2) is 29.9 Å². The molecule has 0 radical (unpaired) electrons. The fourth-order valence-corrected chi connectivity index (χ4v) is 1.97. The lowest BCUT2D eigenvalue weighted by Gasteiger charge is -2.32. The summed E-state index contributed by atoms with van der Waals surface area (Å²) in [7, 11) is 0. The Morgan fingerprint density at radius 2 is 2.07 bits per heavy atom. The van der Waals surface area contributed by atoms with E-state index in [0.29, 0.717) is 6.04 Å². The van der Waals surface area contributed by atoms with E-state index in [0.717, 1.165) is 19.5 Å². The molecule has 1 saturated heterocycles. The number of carbonyl (C=O) groups is 1. The summed E-state index contributed by atoms with van der Waals surface area (Å²) in [5.41, 5.74) is 5.08. The molecule has 1 aliphatic rings. The molecule has 0 aromatic rings. The molecule has 2 N–H and O–H groups in total. The Balaban J connectivity index is 2.47. The van der Waals surface area contributed by atoms with Gasteiger partial charge in [-0.1, -0.05) is 19.4 Å². The summed E-state index contributed by atoms with van der Waals surface area (Å²) >= 11 is 0. The van der Waals surface area contributed by atoms with E-state index in [1.165, 1.54) is 25.3 Å². The molecule has 0 aliphatic carbocycles. The minimum atomic E-state index is -0.347. The predicted octanol–water partition coefficient (Wildman–Crippen LogP) is 1.29. The lowest BCUT2D eigenvalue weighted by Crippen LogP contribution is -2.37. The number of primary amides is 1. The lowest BCUT2D eigenvalue weighted by atomic mass is 10.1. The fourth-order valence-electron chi connectivity index (χ4n) is 1.97. The normalized spacial score (nSPS) is 21.2. The highest BCUT2D eigenvalue weighted by Gasteiger charge is 2.16. The van der Waals surface area contributed by atoms with E-state index in [1.54, 1.807) is 0 Å². The zero-order valence-corrected chi connectivity index (χ0v) is 8.91. The molecule has 0 aromatic carbocycles. The second kappa shape index (κ2) is 5.81. The van der Waals surface area contributed by atoms with Gasteiger partial charge in [0.05, 0.1) is 0 Å². The Labute approximate surface area is 86.0 Å². The van der Waals surface area contributed by atoms with Gasteiger partial charge in [0, 0.05) is 12.1 Å². The van der Waals surface area contributed by atoms with Gasteiger partial charge >= 0.3 is 0 Å². The maximum Gasteiger partial charge on any atom is 0.241 e. The third kappa shape index (κ3) is 3.50. The molecular formula is C11H20N2O. The first kappa shape index (κ1) is 11.2. The Bertz CT molecular complexity index is 207. The van der Waals surface area contributed by atoms with Gasteiger partial charge in [-0.3, -0.25) is 9.69 Å². The van der Waals surface area contributed by atoms with Gasteiger partial charge in [0.1, 0.15) is 0 Å². The third-order valence-electron chi connectivity index (χ3n) is 2.76. The molecule has 1 aliphatic heterocycles. The number of carbonyl (C=O) groups excluding carboxylic acids is 1. The summed E-state index contributed by atoms with van der Waals surface area (Å²) in [5.74, 6) is -0.347. The molecule has 0 bridgehead atoms. The van der Waals surface area contributed by atoms with Crippen molar-refractivity contribution in [3.8, 4) is 0 Å². The van der Waals surface area contributed by atoms with Crippen LogP contribution in [0.5, 0.6) is 0 Å². The first-order valence-electron chi connectivity index (χ1n) is 5.45. The Kier molecular flexibility index (Phi) is 4.66. The Hall–Kier alpha value is -0.830. The van der Waals surface area contributed by atoms with Gasteiger partial charge in [-0.25, -0.2) is 0 Å². The number of piperidine rings is 1. The van der Waals surface area contributed by atoms with Crippen LogP contribution in [0, 0.1) is 0 Å². The summed E-state index contributed by atoms with van der Waals surface area (Å²) in [5, 5.41) is 0. The summed E-state index contributed by atoms with van der Waals surface area (Å²) in [6.45, 7) is 4.45. The predicted molar refractivity (Wildman–Crippen MR) is 57.8 cm³/mol. The van der Waals surface area contributed by atoms with E-state index in [2.05, 4.69) is 11.8 Å². The van der Waals surface area contributed by atoms with Gasteiger partial charge in [-0.15, -0.1) is 0 Å². The number of nitrogens with zero attached hydrogens (tertiary/aromatic N) is 1. The van der Waals surface area contributed by atoms with E-state index < -0.39 is 0 Å². The maximum absolute atomic E-state index is 10.6. The molecule has 80 valence electrons. The van der Waals surface area contributed by atoms with E-state index >= 15 is 0 Å². The van der Waals surface area contributed by atoms with Crippen molar-refractivity contribution in [1.29, 1.82) is 0 Å². The molecule has 3 heteroatoms. The summed E-state index contributed by atoms with van der Waals surface area (Å²) < 4.78 is 0. The molecule has 1 amide bonds. The molecule has 0 saturated carbocycles. The van der Waals surface area contributed by atoms with Crippen LogP contribution >= 0.6 is 0 Å². The molecule has 14 heavy (non-hydrogen) atoms. The molecule has 0 aromatic heterocycles. The van der Waals surface area contributed by atoms with Gasteiger partial charge in [0.25, 0.3) is 0 Å². The van der Waals surface area contributed by atoms with Crippen molar-refractivity contribution in [2.24, 2.45) is 5.73 Å². The van der Waals surface area contributed by atoms with Crippen LogP contribution in [-0.2, 0) is 4.79 Å². The second-order valence-electron chi connectivity index (χ2n) is 3.83. The van der Waals surface area contributed by atoms with Crippen molar-refractivity contribution in [2.45, 2.75) is 38.6 Å². The first-order chi connectivity index (χ1) is 6.74. The molecule has 1 unspecified atom stereocenters. The standard InChI is InChI=1S/C11H20N2O/c1-2-10(6-7-11(12)14)13-8-4-3-5-9-13/h6-7,10H,2-5,8-9H2,1H3,(H2,12,14). The van der Waals surface area contributed by atoms with E-state index in [-0.39, 0.29) is 5.91 Å². The fraction of sp³-hybridized carbons (Fsp3) is 0.727. The van der Waals surface area contributed by atoms with Gasteiger partial charge in [-0.05, 0) is 32.4 Å². The van der Waals surface area contributed by atoms with Gasteiger partial charge in [0.2, 0.25) is 5.91 Å². The number of hydrogen-bond donors (Lipinski definition) is 1. The number of nitrogens with two attached hydrogens (primary N) is 1. The van der Waals surface area contributed by atoms with Crippen molar-refractivity contribution in [2.75, 3.05) is 13.1 Å². The molecular weight excluding hydrogens is 176 g/mol. The van der Waals surface area contributed by atoms with Crippen molar-refractivity contribution >= 4 is 5.91 Å². The topological polar surface area (TPSA) is 46.3 Å². The number of likely N-dealkylation sites (tertiary alicyclic amines) is 1. The molecule has 1 atom stereocenters. The molecule has 0 spiro atoms. The van der Waals surface area contributed by atoms with Crippen molar-refractivity contribution in [3.63, 3.8) is 0 Å². The zero-order valence-electron chi connectivity index (χ0n) is 8.91. The van der Waals surface area contributed by atoms with Crippen molar-refractivity contribution in [3.05, 3.63) is 12.2 Å². The highest BCUT2D eigenvalue weighted by molar-refractivity contribution is 5.85. The van der Waals surface area contributed by atoms with Crippen molar-refractivity contribution in [1.82, 2.24) is 4.90 Å². The van der Waals surface area contributed by atoms with Crippen LogP contribution in [0.4, 0.5) is 0 Å². The largest absolute Gasteiger partial charge is 0.366 e. The van der Waals surface area contributed by atoms with Crippen LogP contribution in [0.15, 0.2) is 12.2 Å². The van der Waals surface area contributed by atoms with Crippen LogP contribution < -0.4 is 5.73 Å². The zero-order chi connectivity index (χ0) is 10.4. The summed E-state index contributed by atoms with van der Waals surface area (Å²) in [6, 6.07) is 0.391. The summed E-state index contributed by atoms with van der Waals surface area (Å²) in [4.78, 5) is 13.1. The minimum absolute atomic E-state index is 0.347. The van der Waals surface area contributed by atoms with Crippen LogP contribution in [0.1, 0.15) is 32.6 Å². The number of hydrogen-bond acceptors (Lipinski definition) is 2. The average Bonchev–Trinajstić information content (AvgIpc) is 2.20. The number of amides is 1. The monoisotopic (exact) mass is 196 g/mol. The molecule has 1 fully saturated rings. The second-order valence-corrected chi connectivity index (χ2v) is 3.83. The van der Waals surface area contributed by atoms with Crippen LogP contribution in [0.3, 0.4) is 0 Å². The van der Waals surface area contributed by atoms with E-state index in [4.69, 9.17) is 5.73 Å². The van der Waals surface area contributed by atoms with Gasteiger partial charge < -0.3 is 5.73 Å². The highest BCUT2D eigenvalue weighted by atomic mass is 16.1. The average molecular weight is 196 g/mol. The summed E-state index contributed by atoms with van der Waals surface area (Å²) in [6.07, 6.45) is 8.37. The Morgan fingerprint density at radius 3 is 2.57 bits per heavy atom. The van der Waals surface area contributed by atoms with Gasteiger partial charge in [0.15, 0.2) is 0 Å². The minimum Gasteiger partial charge on any atom is -0.366 e. The quantitative estimate of drug-likeness (QED) is 0.689. The molecule has 3 nitrogen and oxygen atoms in total. The highest BCUT2D eigenvalue weighted by Crippen LogP contribution is 2.14. The number of rotatable bonds is 4. The Morgan fingerprint density at radius 1 is 1.43 bits per heavy atom. The van der Waals surface area contributed by atoms with Crippen LogP contribution in [0.25, 0.3) is 0 Å². The molecule has 1 heterocycles. The van der Waals surface area contributed by atoms with Gasteiger partial charge in [-0.2, -0.15) is 0 Å². The lowest BCUT2D eigenvalue weighted by molar-refractivity contribution is -0.113. The molecule has 1 rings (SSSR count). The first-order valence-corrected chi connectivity index (χ1v) is 5.45. The SMILES string of the molecule is CCC(C=CC(N)=O)N1CCCCC1. The van der Waals surface area contributed by atoms with Crippen molar-refractivity contribution < 1.29 is 4.79 Å². The smallest absolute Gasteiger partial charge is 0.241 e.